The summed E-state index contributed by atoms with van der Waals surface area (Å²) in [5.41, 5.74) is 15.3. The lowest BCUT2D eigenvalue weighted by atomic mass is 10.1. The maximum absolute atomic E-state index is 10.4. The SMILES string of the molecule is C=CC(=O)OCCN(C)C.C=CC(N)=O.CN.NCCc1ccc(O)c(O)c1. The largest absolute Gasteiger partial charge is 0.504 e. The Morgan fingerprint density at radius 3 is 2.04 bits per heavy atom. The van der Waals surface area contributed by atoms with E-state index in [1.165, 1.54) is 19.2 Å². The molecule has 0 heterocycles. The van der Waals surface area contributed by atoms with Crippen molar-refractivity contribution in [3.05, 3.63) is 49.1 Å². The van der Waals surface area contributed by atoms with Crippen molar-refractivity contribution >= 4 is 11.9 Å². The lowest BCUT2D eigenvalue weighted by molar-refractivity contribution is -0.138. The van der Waals surface area contributed by atoms with Gasteiger partial charge in [0.1, 0.15) is 6.61 Å². The molecule has 9 nitrogen and oxygen atoms in total. The summed E-state index contributed by atoms with van der Waals surface area (Å²) in [6.07, 6.45) is 2.93. The van der Waals surface area contributed by atoms with Crippen LogP contribution in [0.15, 0.2) is 43.5 Å². The fourth-order valence-electron chi connectivity index (χ4n) is 1.28. The van der Waals surface area contributed by atoms with Crippen LogP contribution in [0.2, 0.25) is 0 Å². The van der Waals surface area contributed by atoms with E-state index in [1.807, 2.05) is 19.0 Å². The van der Waals surface area contributed by atoms with Crippen molar-refractivity contribution in [2.75, 3.05) is 40.8 Å². The standard InChI is InChI=1S/C8H11NO2.C7H13NO2.C3H5NO.CH5N/c9-4-3-6-1-2-7(10)8(11)5-6;1-4-7(9)10-6-5-8(2)3;1-2-3(4)5;1-2/h1-2,5,10-11H,3-4,9H2;4H,1,5-6H2,2-3H3;2H,1H2,(H2,4,5);2H2,1H3. The normalized spacial score (nSPS) is 8.64. The maximum atomic E-state index is 10.4. The quantitative estimate of drug-likeness (QED) is 0.245. The molecule has 1 aromatic carbocycles. The zero-order valence-electron chi connectivity index (χ0n) is 16.9. The second-order valence-corrected chi connectivity index (χ2v) is 5.14. The molecule has 0 aliphatic heterocycles. The number of nitrogens with two attached hydrogens (primary N) is 3. The summed E-state index contributed by atoms with van der Waals surface area (Å²) in [4.78, 5) is 21.8. The molecule has 160 valence electrons. The first-order chi connectivity index (χ1) is 13.2. The molecule has 0 aromatic heterocycles. The van der Waals surface area contributed by atoms with Gasteiger partial charge in [0.25, 0.3) is 0 Å². The van der Waals surface area contributed by atoms with Crippen LogP contribution in [0, 0.1) is 0 Å². The molecule has 8 N–H and O–H groups in total. The zero-order chi connectivity index (χ0) is 22.5. The Labute approximate surface area is 167 Å². The number of phenols is 2. The molecule has 0 bridgehead atoms. The number of phenolic OH excluding ortho intramolecular Hbond substituents is 2. The number of esters is 1. The zero-order valence-corrected chi connectivity index (χ0v) is 16.9. The van der Waals surface area contributed by atoms with E-state index in [2.05, 4.69) is 24.6 Å². The molecule has 0 spiro atoms. The summed E-state index contributed by atoms with van der Waals surface area (Å²) in [5, 5.41) is 18.0. The lowest BCUT2D eigenvalue weighted by Crippen LogP contribution is -2.19. The number of ether oxygens (including phenoxy) is 1. The minimum absolute atomic E-state index is 0.0871. The molecule has 0 unspecified atom stereocenters. The van der Waals surface area contributed by atoms with E-state index >= 15 is 0 Å². The second kappa shape index (κ2) is 20.4. The van der Waals surface area contributed by atoms with Gasteiger partial charge in [-0.2, -0.15) is 0 Å². The van der Waals surface area contributed by atoms with Crippen LogP contribution in [0.5, 0.6) is 11.5 Å². The predicted octanol–water partition coefficient (Wildman–Crippen LogP) is 0.109. The number of likely N-dealkylation sites (N-methyl/N-ethyl adjacent to an activating group) is 1. The van der Waals surface area contributed by atoms with E-state index < -0.39 is 5.91 Å². The fraction of sp³-hybridized carbons (Fsp3) is 0.368. The average Bonchev–Trinajstić information content (AvgIpc) is 2.67. The minimum Gasteiger partial charge on any atom is -0.504 e. The molecule has 0 fully saturated rings. The summed E-state index contributed by atoms with van der Waals surface area (Å²) in [7, 11) is 5.34. The fourth-order valence-corrected chi connectivity index (χ4v) is 1.28. The molecular weight excluding hydrogens is 364 g/mol. The number of carbonyl (C=O) groups is 2. The number of primary amides is 1. The van der Waals surface area contributed by atoms with Gasteiger partial charge >= 0.3 is 5.97 Å². The van der Waals surface area contributed by atoms with Gasteiger partial charge in [-0.3, -0.25) is 4.79 Å². The third-order valence-electron chi connectivity index (χ3n) is 2.62. The number of carbonyl (C=O) groups excluding carboxylic acids is 2. The van der Waals surface area contributed by atoms with Crippen LogP contribution < -0.4 is 17.2 Å². The number of hydrogen-bond acceptors (Lipinski definition) is 8. The summed E-state index contributed by atoms with van der Waals surface area (Å²) in [6, 6.07) is 4.71. The third-order valence-corrected chi connectivity index (χ3v) is 2.62. The highest BCUT2D eigenvalue weighted by Crippen LogP contribution is 2.24. The van der Waals surface area contributed by atoms with Gasteiger partial charge < -0.3 is 37.1 Å². The van der Waals surface area contributed by atoms with Crippen molar-refractivity contribution in [2.45, 2.75) is 6.42 Å². The molecule has 28 heavy (non-hydrogen) atoms. The lowest BCUT2D eigenvalue weighted by Gasteiger charge is -2.07. The van der Waals surface area contributed by atoms with E-state index in [9.17, 15) is 9.59 Å². The smallest absolute Gasteiger partial charge is 0.330 e. The number of amides is 1. The Kier molecular flexibility index (Phi) is 21.8. The van der Waals surface area contributed by atoms with Crippen molar-refractivity contribution in [1.82, 2.24) is 4.90 Å². The van der Waals surface area contributed by atoms with Crippen molar-refractivity contribution in [1.29, 1.82) is 0 Å². The highest BCUT2D eigenvalue weighted by molar-refractivity contribution is 5.85. The summed E-state index contributed by atoms with van der Waals surface area (Å²) in [6.45, 7) is 8.08. The Hall–Kier alpha value is -2.88. The summed E-state index contributed by atoms with van der Waals surface area (Å²) >= 11 is 0. The van der Waals surface area contributed by atoms with Crippen LogP contribution in [0.1, 0.15) is 5.56 Å². The highest BCUT2D eigenvalue weighted by Gasteiger charge is 1.98. The van der Waals surface area contributed by atoms with Crippen molar-refractivity contribution < 1.29 is 24.5 Å². The molecule has 0 aliphatic carbocycles. The molecule has 1 rings (SSSR count). The van der Waals surface area contributed by atoms with E-state index in [-0.39, 0.29) is 17.5 Å². The van der Waals surface area contributed by atoms with Crippen LogP contribution in [0.25, 0.3) is 0 Å². The van der Waals surface area contributed by atoms with Crippen LogP contribution in [0.4, 0.5) is 0 Å². The molecule has 0 radical (unpaired) electrons. The number of rotatable bonds is 7. The summed E-state index contributed by atoms with van der Waals surface area (Å²) < 4.78 is 4.70. The Balaban J connectivity index is -0.000000340. The van der Waals surface area contributed by atoms with Gasteiger partial charge in [0.05, 0.1) is 0 Å². The number of benzene rings is 1. The molecule has 1 amide bonds. The average molecular weight is 399 g/mol. The molecule has 0 saturated carbocycles. The van der Waals surface area contributed by atoms with Crippen molar-refractivity contribution in [3.8, 4) is 11.5 Å². The first-order valence-electron chi connectivity index (χ1n) is 8.32. The monoisotopic (exact) mass is 398 g/mol. The van der Waals surface area contributed by atoms with Gasteiger partial charge in [-0.1, -0.05) is 19.2 Å². The van der Waals surface area contributed by atoms with Crippen molar-refractivity contribution in [3.63, 3.8) is 0 Å². The van der Waals surface area contributed by atoms with E-state index in [4.69, 9.17) is 20.7 Å². The number of hydrogen-bond donors (Lipinski definition) is 5. The van der Waals surface area contributed by atoms with Crippen LogP contribution in [-0.2, 0) is 20.7 Å². The highest BCUT2D eigenvalue weighted by atomic mass is 16.5. The molecule has 0 atom stereocenters. The Morgan fingerprint density at radius 1 is 1.14 bits per heavy atom. The number of nitrogens with zero attached hydrogens (tertiary/aromatic N) is 1. The molecule has 0 saturated heterocycles. The maximum Gasteiger partial charge on any atom is 0.330 e. The van der Waals surface area contributed by atoms with Gasteiger partial charge in [-0.15, -0.1) is 0 Å². The number of aromatic hydroxyl groups is 2. The minimum atomic E-state index is -0.481. The van der Waals surface area contributed by atoms with Gasteiger partial charge in [-0.25, -0.2) is 4.79 Å². The molecular formula is C19H34N4O5. The van der Waals surface area contributed by atoms with E-state index in [1.54, 1.807) is 6.07 Å². The first-order valence-corrected chi connectivity index (χ1v) is 8.32. The van der Waals surface area contributed by atoms with E-state index in [0.29, 0.717) is 19.6 Å². The predicted molar refractivity (Wildman–Crippen MR) is 112 cm³/mol. The summed E-state index contributed by atoms with van der Waals surface area (Å²) in [5.74, 6) is -1.02. The topological polar surface area (TPSA) is 165 Å². The molecule has 1 aromatic rings. The van der Waals surface area contributed by atoms with Gasteiger partial charge in [-0.05, 0) is 57.9 Å². The van der Waals surface area contributed by atoms with Crippen LogP contribution >= 0.6 is 0 Å². The van der Waals surface area contributed by atoms with Gasteiger partial charge in [0.2, 0.25) is 5.91 Å². The van der Waals surface area contributed by atoms with E-state index in [0.717, 1.165) is 24.3 Å². The third kappa shape index (κ3) is 21.2. The van der Waals surface area contributed by atoms with Crippen LogP contribution in [0.3, 0.4) is 0 Å². The first kappa shape index (κ1) is 29.9. The Morgan fingerprint density at radius 2 is 1.68 bits per heavy atom. The Bertz CT molecular complexity index is 577. The van der Waals surface area contributed by atoms with Gasteiger partial charge in [0, 0.05) is 12.6 Å². The molecule has 0 aliphatic rings. The van der Waals surface area contributed by atoms with Crippen LogP contribution in [-0.4, -0.2) is 67.8 Å². The molecule has 9 heteroatoms. The second-order valence-electron chi connectivity index (χ2n) is 5.14. The van der Waals surface area contributed by atoms with Gasteiger partial charge in [0.15, 0.2) is 11.5 Å². The van der Waals surface area contributed by atoms with Crippen molar-refractivity contribution in [2.24, 2.45) is 17.2 Å².